The molecule has 0 aromatic carbocycles. The lowest BCUT2D eigenvalue weighted by Gasteiger charge is -2.23. The van der Waals surface area contributed by atoms with E-state index in [2.05, 4.69) is 14.5 Å². The molecule has 1 unspecified atom stereocenters. The second kappa shape index (κ2) is 6.44. The average Bonchev–Trinajstić information content (AvgIpc) is 2.84. The van der Waals surface area contributed by atoms with Crippen molar-refractivity contribution in [1.82, 2.24) is 14.5 Å². The summed E-state index contributed by atoms with van der Waals surface area (Å²) in [5, 5.41) is 9.61. The highest BCUT2D eigenvalue weighted by Crippen LogP contribution is 2.26. The summed E-state index contributed by atoms with van der Waals surface area (Å²) in [6, 6.07) is 1.93. The number of ether oxygens (including phenoxy) is 1. The number of pyridine rings is 1. The molecule has 0 aliphatic carbocycles. The number of nitrogens with zero attached hydrogens (tertiary/aromatic N) is 3. The Kier molecular flexibility index (Phi) is 4.40. The molecular formula is C14H17N3O3S. The van der Waals surface area contributed by atoms with Gasteiger partial charge in [-0.05, 0) is 18.9 Å². The zero-order valence-corrected chi connectivity index (χ0v) is 12.4. The maximum Gasteiger partial charge on any atom is 0.313 e. The number of carboxylic acids is 1. The number of hydrogen-bond acceptors (Lipinski definition) is 5. The lowest BCUT2D eigenvalue weighted by Crippen LogP contribution is -2.22. The monoisotopic (exact) mass is 307 g/mol. The highest BCUT2D eigenvalue weighted by molar-refractivity contribution is 7.99. The summed E-state index contributed by atoms with van der Waals surface area (Å²) >= 11 is 1.25. The Balaban J connectivity index is 1.88. The van der Waals surface area contributed by atoms with E-state index < -0.39 is 5.97 Å². The maximum absolute atomic E-state index is 10.8. The molecular weight excluding hydrogens is 290 g/mol. The third-order valence-corrected chi connectivity index (χ3v) is 4.50. The van der Waals surface area contributed by atoms with Gasteiger partial charge in [-0.3, -0.25) is 9.78 Å². The Morgan fingerprint density at radius 1 is 1.57 bits per heavy atom. The summed E-state index contributed by atoms with van der Waals surface area (Å²) in [5.41, 5.74) is 1.81. The van der Waals surface area contributed by atoms with Gasteiger partial charge in [-0.1, -0.05) is 11.8 Å². The van der Waals surface area contributed by atoms with Crippen LogP contribution in [0.3, 0.4) is 0 Å². The van der Waals surface area contributed by atoms with Crippen LogP contribution in [0, 0.1) is 5.92 Å². The van der Waals surface area contributed by atoms with Crippen molar-refractivity contribution in [2.24, 2.45) is 5.92 Å². The van der Waals surface area contributed by atoms with Gasteiger partial charge >= 0.3 is 5.97 Å². The van der Waals surface area contributed by atoms with Gasteiger partial charge in [0.25, 0.3) is 0 Å². The lowest BCUT2D eigenvalue weighted by atomic mass is 10.0. The van der Waals surface area contributed by atoms with Gasteiger partial charge in [-0.15, -0.1) is 0 Å². The first kappa shape index (κ1) is 14.3. The number of imidazole rings is 1. The average molecular weight is 307 g/mol. The van der Waals surface area contributed by atoms with E-state index in [9.17, 15) is 4.79 Å². The molecule has 0 radical (unpaired) electrons. The van der Waals surface area contributed by atoms with Crippen molar-refractivity contribution in [3.63, 3.8) is 0 Å². The SMILES string of the molecule is O=C(O)CSc1nc2cnccc2n1CC1CCCOC1. The molecule has 1 fully saturated rings. The Morgan fingerprint density at radius 2 is 2.48 bits per heavy atom. The van der Waals surface area contributed by atoms with Crippen LogP contribution in [-0.4, -0.2) is 44.6 Å². The van der Waals surface area contributed by atoms with E-state index in [0.717, 1.165) is 48.8 Å². The second-order valence-electron chi connectivity index (χ2n) is 5.13. The third-order valence-electron chi connectivity index (χ3n) is 3.54. The van der Waals surface area contributed by atoms with E-state index >= 15 is 0 Å². The minimum absolute atomic E-state index is 0.0118. The summed E-state index contributed by atoms with van der Waals surface area (Å²) in [5.74, 6) is -0.371. The van der Waals surface area contributed by atoms with Gasteiger partial charge in [-0.2, -0.15) is 0 Å². The van der Waals surface area contributed by atoms with Crippen molar-refractivity contribution in [2.75, 3.05) is 19.0 Å². The smallest absolute Gasteiger partial charge is 0.313 e. The number of rotatable bonds is 5. The van der Waals surface area contributed by atoms with E-state index in [4.69, 9.17) is 9.84 Å². The van der Waals surface area contributed by atoms with E-state index in [1.165, 1.54) is 11.8 Å². The fraction of sp³-hybridized carbons (Fsp3) is 0.500. The van der Waals surface area contributed by atoms with Gasteiger partial charge in [0.15, 0.2) is 5.16 Å². The largest absolute Gasteiger partial charge is 0.481 e. The summed E-state index contributed by atoms with van der Waals surface area (Å²) in [6.07, 6.45) is 5.67. The van der Waals surface area contributed by atoms with Crippen molar-refractivity contribution < 1.29 is 14.6 Å². The number of carboxylic acid groups (broad SMARTS) is 1. The van der Waals surface area contributed by atoms with Crippen molar-refractivity contribution in [2.45, 2.75) is 24.5 Å². The first-order chi connectivity index (χ1) is 10.2. The number of fused-ring (bicyclic) bond motifs is 1. The van der Waals surface area contributed by atoms with Crippen LogP contribution < -0.4 is 0 Å². The highest BCUT2D eigenvalue weighted by Gasteiger charge is 2.19. The van der Waals surface area contributed by atoms with Crippen molar-refractivity contribution >= 4 is 28.8 Å². The van der Waals surface area contributed by atoms with Crippen LogP contribution in [0.2, 0.25) is 0 Å². The molecule has 1 saturated heterocycles. The molecule has 7 heteroatoms. The molecule has 1 N–H and O–H groups in total. The Bertz CT molecular complexity index is 637. The van der Waals surface area contributed by atoms with Crippen molar-refractivity contribution in [1.29, 1.82) is 0 Å². The standard InChI is InChI=1S/C14H17N3O3S/c18-13(19)9-21-14-16-11-6-15-4-3-12(11)17(14)7-10-2-1-5-20-8-10/h3-4,6,10H,1-2,5,7-9H2,(H,18,19). The summed E-state index contributed by atoms with van der Waals surface area (Å²) in [6.45, 7) is 2.40. The van der Waals surface area contributed by atoms with E-state index in [0.29, 0.717) is 5.92 Å². The number of aromatic nitrogens is 3. The van der Waals surface area contributed by atoms with Crippen LogP contribution in [0.1, 0.15) is 12.8 Å². The molecule has 0 spiro atoms. The quantitative estimate of drug-likeness (QED) is 0.852. The summed E-state index contributed by atoms with van der Waals surface area (Å²) < 4.78 is 7.64. The van der Waals surface area contributed by atoms with Crippen LogP contribution >= 0.6 is 11.8 Å². The van der Waals surface area contributed by atoms with E-state index in [1.807, 2.05) is 6.07 Å². The molecule has 2 aromatic heterocycles. The Hall–Kier alpha value is -1.60. The van der Waals surface area contributed by atoms with E-state index in [-0.39, 0.29) is 5.75 Å². The lowest BCUT2D eigenvalue weighted by molar-refractivity contribution is -0.133. The molecule has 3 rings (SSSR count). The molecule has 1 aliphatic rings. The number of hydrogen-bond donors (Lipinski definition) is 1. The minimum Gasteiger partial charge on any atom is -0.481 e. The van der Waals surface area contributed by atoms with Gasteiger partial charge in [0.2, 0.25) is 0 Å². The molecule has 2 aromatic rings. The van der Waals surface area contributed by atoms with Crippen molar-refractivity contribution in [3.05, 3.63) is 18.5 Å². The molecule has 0 bridgehead atoms. The summed E-state index contributed by atoms with van der Waals surface area (Å²) in [7, 11) is 0. The van der Waals surface area contributed by atoms with Gasteiger partial charge in [0.1, 0.15) is 5.52 Å². The molecule has 21 heavy (non-hydrogen) atoms. The third kappa shape index (κ3) is 3.36. The number of aliphatic carboxylic acids is 1. The fourth-order valence-electron chi connectivity index (χ4n) is 2.58. The van der Waals surface area contributed by atoms with Gasteiger partial charge in [-0.25, -0.2) is 4.98 Å². The fourth-order valence-corrected chi connectivity index (χ4v) is 3.33. The second-order valence-corrected chi connectivity index (χ2v) is 6.08. The Labute approximate surface area is 126 Å². The topological polar surface area (TPSA) is 77.2 Å². The molecule has 1 aliphatic heterocycles. The van der Waals surface area contributed by atoms with Crippen LogP contribution in [0.4, 0.5) is 0 Å². The zero-order valence-electron chi connectivity index (χ0n) is 11.6. The normalized spacial score (nSPS) is 19.0. The summed E-state index contributed by atoms with van der Waals surface area (Å²) in [4.78, 5) is 19.4. The first-order valence-electron chi connectivity index (χ1n) is 6.96. The molecule has 0 saturated carbocycles. The first-order valence-corrected chi connectivity index (χ1v) is 7.95. The molecule has 112 valence electrons. The molecule has 1 atom stereocenters. The minimum atomic E-state index is -0.835. The van der Waals surface area contributed by atoms with Crippen LogP contribution in [-0.2, 0) is 16.1 Å². The van der Waals surface area contributed by atoms with Crippen molar-refractivity contribution in [3.8, 4) is 0 Å². The van der Waals surface area contributed by atoms with Gasteiger partial charge in [0, 0.05) is 25.3 Å². The number of carbonyl (C=O) groups is 1. The Morgan fingerprint density at radius 3 is 3.24 bits per heavy atom. The maximum atomic E-state index is 10.8. The molecule has 6 nitrogen and oxygen atoms in total. The highest BCUT2D eigenvalue weighted by atomic mass is 32.2. The number of thioether (sulfide) groups is 1. The van der Waals surface area contributed by atoms with Gasteiger partial charge in [0.05, 0.1) is 24.1 Å². The van der Waals surface area contributed by atoms with Crippen LogP contribution in [0.25, 0.3) is 11.0 Å². The van der Waals surface area contributed by atoms with Gasteiger partial charge < -0.3 is 14.4 Å². The van der Waals surface area contributed by atoms with Crippen LogP contribution in [0.15, 0.2) is 23.6 Å². The van der Waals surface area contributed by atoms with E-state index in [1.54, 1.807) is 12.4 Å². The predicted octanol–water partition coefficient (Wildman–Crippen LogP) is 2.03. The predicted molar refractivity (Wildman–Crippen MR) is 79.4 cm³/mol. The molecule has 0 amide bonds. The van der Waals surface area contributed by atoms with Crippen LogP contribution in [0.5, 0.6) is 0 Å². The molecule has 3 heterocycles. The zero-order chi connectivity index (χ0) is 14.7.